The lowest BCUT2D eigenvalue weighted by molar-refractivity contribution is -0.139. The number of nitrogens with zero attached hydrogens (tertiary/aromatic N) is 4. The molecule has 3 N–H and O–H groups in total. The van der Waals surface area contributed by atoms with Crippen molar-refractivity contribution in [3.05, 3.63) is 59.4 Å². The molecule has 0 unspecified atom stereocenters. The van der Waals surface area contributed by atoms with Crippen molar-refractivity contribution in [3.8, 4) is 23.1 Å². The quantitative estimate of drug-likeness (QED) is 0.365. The summed E-state index contributed by atoms with van der Waals surface area (Å²) in [7, 11) is 1.38. The van der Waals surface area contributed by atoms with E-state index in [0.29, 0.717) is 11.3 Å². The van der Waals surface area contributed by atoms with Crippen LogP contribution in [0.1, 0.15) is 49.4 Å². The summed E-state index contributed by atoms with van der Waals surface area (Å²) in [5.74, 6) is -1.14. The monoisotopic (exact) mass is 520 g/mol. The molecular weight excluding hydrogens is 493 g/mol. The molecule has 0 fully saturated rings. The number of carbonyl (C=O) groups is 1. The van der Waals surface area contributed by atoms with Crippen molar-refractivity contribution in [1.82, 2.24) is 19.7 Å². The molecule has 0 amide bonds. The number of benzene rings is 1. The SMILES string of the molecule is COc1nccc(-n2nc(C(C)C)c(C=C[C@@H](O)C[C@@H](O)CC(=O)O)c2-c2cccc(C(F)(F)F)c2)n1. The number of hydrogen-bond donors (Lipinski definition) is 3. The third-order valence-corrected chi connectivity index (χ3v) is 5.39. The van der Waals surface area contributed by atoms with Crippen LogP contribution in [0.3, 0.4) is 0 Å². The number of aliphatic hydroxyl groups is 2. The molecule has 12 heteroatoms. The first-order chi connectivity index (χ1) is 17.4. The molecule has 3 aromatic rings. The summed E-state index contributed by atoms with van der Waals surface area (Å²) in [4.78, 5) is 19.0. The molecule has 1 aromatic carbocycles. The summed E-state index contributed by atoms with van der Waals surface area (Å²) in [6, 6.07) is 6.33. The molecule has 3 rings (SSSR count). The van der Waals surface area contributed by atoms with Gasteiger partial charge in [0.25, 0.3) is 0 Å². The van der Waals surface area contributed by atoms with E-state index >= 15 is 0 Å². The van der Waals surface area contributed by atoms with Gasteiger partial charge in [0.05, 0.1) is 42.7 Å². The molecular formula is C25H27F3N4O5. The van der Waals surface area contributed by atoms with Crippen LogP contribution in [0.25, 0.3) is 23.2 Å². The number of carboxylic acids is 1. The number of halogens is 3. The molecule has 0 aliphatic rings. The molecule has 9 nitrogen and oxygen atoms in total. The molecule has 2 atom stereocenters. The minimum atomic E-state index is -4.58. The molecule has 0 saturated carbocycles. The number of hydrogen-bond acceptors (Lipinski definition) is 7. The van der Waals surface area contributed by atoms with Crippen molar-refractivity contribution in [2.24, 2.45) is 0 Å². The first-order valence-corrected chi connectivity index (χ1v) is 11.3. The van der Waals surface area contributed by atoms with Crippen LogP contribution in [0.5, 0.6) is 6.01 Å². The summed E-state index contributed by atoms with van der Waals surface area (Å²) < 4.78 is 47.1. The van der Waals surface area contributed by atoms with E-state index in [9.17, 15) is 28.2 Å². The molecule has 2 heterocycles. The smallest absolute Gasteiger partial charge is 0.416 e. The zero-order chi connectivity index (χ0) is 27.3. The maximum atomic E-state index is 13.5. The Morgan fingerprint density at radius 2 is 1.95 bits per heavy atom. The van der Waals surface area contributed by atoms with Gasteiger partial charge in [-0.15, -0.1) is 0 Å². The van der Waals surface area contributed by atoms with Gasteiger partial charge in [-0.2, -0.15) is 23.3 Å². The van der Waals surface area contributed by atoms with Gasteiger partial charge >= 0.3 is 18.2 Å². The fraction of sp³-hybridized carbons (Fsp3) is 0.360. The van der Waals surface area contributed by atoms with Gasteiger partial charge in [0.15, 0.2) is 5.82 Å². The Morgan fingerprint density at radius 1 is 1.22 bits per heavy atom. The van der Waals surface area contributed by atoms with Gasteiger partial charge in [0.1, 0.15) is 0 Å². The summed E-state index contributed by atoms with van der Waals surface area (Å²) >= 11 is 0. The van der Waals surface area contributed by atoms with Crippen molar-refractivity contribution in [2.75, 3.05) is 7.11 Å². The summed E-state index contributed by atoms with van der Waals surface area (Å²) in [5.41, 5.74) is 0.575. The maximum Gasteiger partial charge on any atom is 0.416 e. The van der Waals surface area contributed by atoms with Crippen molar-refractivity contribution < 1.29 is 38.0 Å². The van der Waals surface area contributed by atoms with E-state index in [4.69, 9.17) is 9.84 Å². The Labute approximate surface area is 210 Å². The van der Waals surface area contributed by atoms with Crippen LogP contribution in [-0.4, -0.2) is 60.4 Å². The van der Waals surface area contributed by atoms with Crippen LogP contribution in [-0.2, 0) is 11.0 Å². The molecule has 0 bridgehead atoms. The summed E-state index contributed by atoms with van der Waals surface area (Å²) in [6.07, 6.45) is -3.57. The van der Waals surface area contributed by atoms with Crippen LogP contribution in [0.2, 0.25) is 0 Å². The lowest BCUT2D eigenvalue weighted by atomic mass is 9.97. The molecule has 0 aliphatic carbocycles. The topological polar surface area (TPSA) is 131 Å². The second-order valence-corrected chi connectivity index (χ2v) is 8.61. The number of ether oxygens (including phenoxy) is 1. The van der Waals surface area contributed by atoms with Gasteiger partial charge in [-0.25, -0.2) is 9.67 Å². The van der Waals surface area contributed by atoms with Gasteiger partial charge in [-0.05, 0) is 18.1 Å². The highest BCUT2D eigenvalue weighted by molar-refractivity contribution is 5.76. The van der Waals surface area contributed by atoms with E-state index in [0.717, 1.165) is 12.1 Å². The Balaban J connectivity index is 2.20. The third kappa shape index (κ3) is 6.92. The van der Waals surface area contributed by atoms with E-state index in [1.165, 1.54) is 48.3 Å². The van der Waals surface area contributed by atoms with Crippen molar-refractivity contribution in [2.45, 2.75) is 51.0 Å². The number of methoxy groups -OCH3 is 1. The van der Waals surface area contributed by atoms with Gasteiger partial charge in [0, 0.05) is 29.8 Å². The lowest BCUT2D eigenvalue weighted by Crippen LogP contribution is -2.19. The van der Waals surface area contributed by atoms with Crippen molar-refractivity contribution in [1.29, 1.82) is 0 Å². The molecule has 0 radical (unpaired) electrons. The fourth-order valence-electron chi connectivity index (χ4n) is 3.72. The Morgan fingerprint density at radius 3 is 2.57 bits per heavy atom. The molecule has 37 heavy (non-hydrogen) atoms. The van der Waals surface area contributed by atoms with E-state index in [2.05, 4.69) is 15.1 Å². The maximum absolute atomic E-state index is 13.5. The zero-order valence-corrected chi connectivity index (χ0v) is 20.3. The summed E-state index contributed by atoms with van der Waals surface area (Å²) in [6.45, 7) is 3.71. The normalized spacial score (nSPS) is 13.8. The molecule has 198 valence electrons. The van der Waals surface area contributed by atoms with E-state index in [1.54, 1.807) is 0 Å². The predicted octanol–water partition coefficient (Wildman–Crippen LogP) is 4.08. The first-order valence-electron chi connectivity index (χ1n) is 11.3. The highest BCUT2D eigenvalue weighted by Gasteiger charge is 2.31. The molecule has 0 aliphatic heterocycles. The second kappa shape index (κ2) is 11.5. The molecule has 0 spiro atoms. The predicted molar refractivity (Wildman–Crippen MR) is 128 cm³/mol. The number of aliphatic carboxylic acids is 1. The highest BCUT2D eigenvalue weighted by atomic mass is 19.4. The van der Waals surface area contributed by atoms with E-state index in [-0.39, 0.29) is 35.4 Å². The molecule has 0 saturated heterocycles. The Bertz CT molecular complexity index is 1270. The zero-order valence-electron chi connectivity index (χ0n) is 20.3. The Hall–Kier alpha value is -3.77. The molecule has 2 aromatic heterocycles. The van der Waals surface area contributed by atoms with Crippen LogP contribution in [0, 0.1) is 0 Å². The number of rotatable bonds is 10. The number of carboxylic acid groups (broad SMARTS) is 1. The average molecular weight is 521 g/mol. The van der Waals surface area contributed by atoms with Crippen LogP contribution >= 0.6 is 0 Å². The van der Waals surface area contributed by atoms with Gasteiger partial charge in [-0.1, -0.05) is 38.1 Å². The Kier molecular flexibility index (Phi) is 8.66. The van der Waals surface area contributed by atoms with Gasteiger partial charge in [0.2, 0.25) is 0 Å². The van der Waals surface area contributed by atoms with Crippen LogP contribution in [0.15, 0.2) is 42.6 Å². The number of aliphatic hydroxyl groups excluding tert-OH is 2. The number of aromatic nitrogens is 4. The lowest BCUT2D eigenvalue weighted by Gasteiger charge is -2.13. The minimum Gasteiger partial charge on any atom is -0.481 e. The van der Waals surface area contributed by atoms with Gasteiger partial charge < -0.3 is 20.1 Å². The number of alkyl halides is 3. The summed E-state index contributed by atoms with van der Waals surface area (Å²) in [5, 5.41) is 33.7. The van der Waals surface area contributed by atoms with E-state index < -0.39 is 36.3 Å². The van der Waals surface area contributed by atoms with Crippen molar-refractivity contribution >= 4 is 12.0 Å². The van der Waals surface area contributed by atoms with Crippen molar-refractivity contribution in [3.63, 3.8) is 0 Å². The minimum absolute atomic E-state index is 0.0361. The van der Waals surface area contributed by atoms with Crippen LogP contribution in [0.4, 0.5) is 13.2 Å². The standard InChI is InChI=1S/C25H27F3N4O5/c1-14(2)22-19(8-7-17(33)12-18(34)13-21(35)36)23(15-5-4-6-16(11-15)25(26,27)28)32(31-22)20-9-10-29-24(30-20)37-3/h4-11,14,17-18,33-34H,12-13H2,1-3H3,(H,35,36)/t17-,18-/m1/s1. The fourth-order valence-corrected chi connectivity index (χ4v) is 3.72. The van der Waals surface area contributed by atoms with Gasteiger partial charge in [-0.3, -0.25) is 4.79 Å². The average Bonchev–Trinajstić information content (AvgIpc) is 3.21. The van der Waals surface area contributed by atoms with E-state index in [1.807, 2.05) is 13.8 Å². The highest BCUT2D eigenvalue weighted by Crippen LogP contribution is 2.37. The third-order valence-electron chi connectivity index (χ3n) is 5.39. The van der Waals surface area contributed by atoms with Crippen LogP contribution < -0.4 is 4.74 Å². The first kappa shape index (κ1) is 27.8. The largest absolute Gasteiger partial charge is 0.481 e. The second-order valence-electron chi connectivity index (χ2n) is 8.61.